The van der Waals surface area contributed by atoms with Gasteiger partial charge in [0.2, 0.25) is 6.33 Å². The second-order valence-corrected chi connectivity index (χ2v) is 17.9. The van der Waals surface area contributed by atoms with Gasteiger partial charge in [-0.1, -0.05) is 89.8 Å². The number of rotatable bonds is 13. The molecule has 5 heterocycles. The minimum Gasteiger partial charge on any atom is -0.328 e. The van der Waals surface area contributed by atoms with E-state index < -0.39 is 0 Å². The molecule has 1 saturated heterocycles. The molecule has 6 aromatic rings. The quantitative estimate of drug-likeness (QED) is 0.0822. The molecule has 0 radical (unpaired) electrons. The van der Waals surface area contributed by atoms with Crippen molar-refractivity contribution in [3.05, 3.63) is 128 Å². The average molecular weight is 854 g/mol. The van der Waals surface area contributed by atoms with E-state index in [1.165, 1.54) is 135 Å². The van der Waals surface area contributed by atoms with Crippen LogP contribution in [0.2, 0.25) is 0 Å². The fraction of sp³-hybridized carbons (Fsp3) is 0.547. The van der Waals surface area contributed by atoms with Gasteiger partial charge < -0.3 is 8.97 Å². The number of imidazole rings is 2. The summed E-state index contributed by atoms with van der Waals surface area (Å²) >= 11 is 0. The maximum Gasteiger partial charge on any atom is 0.259 e. The number of hydrogen-bond donors (Lipinski definition) is 0. The highest BCUT2D eigenvalue weighted by Gasteiger charge is 2.25. The number of quaternary nitrogens is 2. The van der Waals surface area contributed by atoms with Gasteiger partial charge in [0, 0.05) is 38.0 Å². The molecule has 2 aromatic carbocycles. The van der Waals surface area contributed by atoms with E-state index in [4.69, 9.17) is 0 Å². The normalized spacial score (nSPS) is 12.6. The van der Waals surface area contributed by atoms with Crippen LogP contribution in [0.4, 0.5) is 0 Å². The van der Waals surface area contributed by atoms with Gasteiger partial charge in [-0.3, -0.25) is 0 Å². The number of likely N-dealkylation sites (tertiary alicyclic amines) is 1. The monoisotopic (exact) mass is 854 g/mol. The highest BCUT2D eigenvalue weighted by molar-refractivity contribution is 5.74. The van der Waals surface area contributed by atoms with Crippen LogP contribution in [0.5, 0.6) is 0 Å². The molecule has 0 N–H and O–H groups in total. The van der Waals surface area contributed by atoms with Crippen molar-refractivity contribution in [3.63, 3.8) is 0 Å². The number of nitrogens with zero attached hydrogens (tertiary/aromatic N) is 9. The van der Waals surface area contributed by atoms with Crippen LogP contribution in [0.1, 0.15) is 97.7 Å². The van der Waals surface area contributed by atoms with Crippen LogP contribution < -0.4 is 18.4 Å². The molecule has 342 valence electrons. The number of aromatic nitrogens is 7. The van der Waals surface area contributed by atoms with Crippen molar-refractivity contribution in [3.8, 4) is 5.69 Å². The van der Waals surface area contributed by atoms with E-state index in [-0.39, 0.29) is 0 Å². The van der Waals surface area contributed by atoms with Crippen LogP contribution in [-0.2, 0) is 42.3 Å². The van der Waals surface area contributed by atoms with Crippen molar-refractivity contribution in [2.24, 2.45) is 42.3 Å². The van der Waals surface area contributed by atoms with Gasteiger partial charge in [-0.2, -0.15) is 9.25 Å². The Labute approximate surface area is 379 Å². The SMILES string of the molecule is CCCC[N+](CCCC)(CCCC)CCCC.C[N+]1(C)CCCC1.C[n+]1ccccc1.Cc1n(-c2ccccc2)c2ccccc2[n+]1C.Cn1cc[n+](C)c1.Cn1ccc[n+]1C. The molecule has 0 amide bonds. The summed E-state index contributed by atoms with van der Waals surface area (Å²) in [6.45, 7) is 19.9. The summed E-state index contributed by atoms with van der Waals surface area (Å²) in [7, 11) is 16.7. The third-order valence-corrected chi connectivity index (χ3v) is 11.9. The van der Waals surface area contributed by atoms with Crippen LogP contribution in [0.15, 0.2) is 122 Å². The lowest BCUT2D eigenvalue weighted by Crippen LogP contribution is -2.50. The van der Waals surface area contributed by atoms with Crippen LogP contribution in [0.25, 0.3) is 16.7 Å². The number of unbranched alkanes of at least 4 members (excludes halogenated alkanes) is 4. The summed E-state index contributed by atoms with van der Waals surface area (Å²) < 4.78 is 17.2. The largest absolute Gasteiger partial charge is 0.328 e. The summed E-state index contributed by atoms with van der Waals surface area (Å²) in [5.74, 6) is 1.23. The average Bonchev–Trinajstić information content (AvgIpc) is 4.05. The maximum atomic E-state index is 2.33. The Balaban J connectivity index is 0.000000270. The zero-order chi connectivity index (χ0) is 45.8. The number of aryl methyl sites for hydroxylation is 6. The smallest absolute Gasteiger partial charge is 0.259 e. The minimum atomic E-state index is 1.21. The first kappa shape index (κ1) is 53.5. The molecule has 1 aliphatic heterocycles. The van der Waals surface area contributed by atoms with Gasteiger partial charge in [0.25, 0.3) is 5.82 Å². The van der Waals surface area contributed by atoms with E-state index in [9.17, 15) is 0 Å². The van der Waals surface area contributed by atoms with Gasteiger partial charge in [-0.25, -0.2) is 18.3 Å². The third-order valence-electron chi connectivity index (χ3n) is 11.9. The first-order valence-corrected chi connectivity index (χ1v) is 23.8. The van der Waals surface area contributed by atoms with Crippen LogP contribution in [-0.4, -0.2) is 76.1 Å². The van der Waals surface area contributed by atoms with E-state index in [1.807, 2.05) is 132 Å². The first-order valence-electron chi connectivity index (χ1n) is 23.8. The van der Waals surface area contributed by atoms with Crippen molar-refractivity contribution < 1.29 is 27.3 Å². The van der Waals surface area contributed by atoms with Crippen molar-refractivity contribution in [1.29, 1.82) is 0 Å². The van der Waals surface area contributed by atoms with Gasteiger partial charge in [0.15, 0.2) is 36.7 Å². The van der Waals surface area contributed by atoms with E-state index in [2.05, 4.69) is 113 Å². The Morgan fingerprint density at radius 2 is 1.08 bits per heavy atom. The van der Waals surface area contributed by atoms with Crippen LogP contribution in [0, 0.1) is 6.92 Å². The van der Waals surface area contributed by atoms with E-state index in [0.717, 1.165) is 0 Å². The van der Waals surface area contributed by atoms with Gasteiger partial charge in [0.1, 0.15) is 25.1 Å². The highest BCUT2D eigenvalue weighted by atomic mass is 15.4. The lowest BCUT2D eigenvalue weighted by Gasteiger charge is -2.39. The Bertz CT molecular complexity index is 1930. The fourth-order valence-corrected chi connectivity index (χ4v) is 7.73. The number of pyridine rings is 1. The Morgan fingerprint density at radius 3 is 1.42 bits per heavy atom. The molecule has 0 unspecified atom stereocenters. The van der Waals surface area contributed by atoms with Gasteiger partial charge >= 0.3 is 0 Å². The molecule has 0 spiro atoms. The second-order valence-electron chi connectivity index (χ2n) is 17.9. The molecule has 0 bridgehead atoms. The molecular weight excluding hydrogens is 763 g/mol. The molecule has 0 atom stereocenters. The topological polar surface area (TPSA) is 30.3 Å². The van der Waals surface area contributed by atoms with Crippen molar-refractivity contribution in [1.82, 2.24) is 13.8 Å². The lowest BCUT2D eigenvalue weighted by molar-refractivity contribution is -0.929. The Hall–Kier alpha value is -4.60. The van der Waals surface area contributed by atoms with E-state index >= 15 is 0 Å². The predicted molar refractivity (Wildman–Crippen MR) is 260 cm³/mol. The molecule has 9 nitrogen and oxygen atoms in total. The van der Waals surface area contributed by atoms with Crippen molar-refractivity contribution in [2.75, 3.05) is 53.4 Å². The Kier molecular flexibility index (Phi) is 25.6. The molecule has 9 heteroatoms. The summed E-state index contributed by atoms with van der Waals surface area (Å²) in [5, 5.41) is 0. The molecule has 4 aromatic heterocycles. The van der Waals surface area contributed by atoms with Gasteiger partial charge in [-0.15, -0.1) is 4.68 Å². The van der Waals surface area contributed by atoms with E-state index in [1.54, 1.807) is 0 Å². The summed E-state index contributed by atoms with van der Waals surface area (Å²) in [6.07, 6.45) is 27.9. The zero-order valence-corrected chi connectivity index (χ0v) is 41.9. The highest BCUT2D eigenvalue weighted by Crippen LogP contribution is 2.19. The van der Waals surface area contributed by atoms with Crippen molar-refractivity contribution >= 4 is 11.0 Å². The third kappa shape index (κ3) is 20.1. The van der Waals surface area contributed by atoms with Crippen molar-refractivity contribution in [2.45, 2.75) is 98.8 Å². The number of fused-ring (bicyclic) bond motifs is 1. The molecule has 0 aliphatic carbocycles. The van der Waals surface area contributed by atoms with Crippen LogP contribution >= 0.6 is 0 Å². The van der Waals surface area contributed by atoms with E-state index in [0.29, 0.717) is 0 Å². The number of para-hydroxylation sites is 3. The van der Waals surface area contributed by atoms with Gasteiger partial charge in [-0.05, 0) is 49.9 Å². The maximum absolute atomic E-state index is 2.33. The first-order chi connectivity index (χ1) is 29.7. The predicted octanol–water partition coefficient (Wildman–Crippen LogP) is 8.83. The zero-order valence-electron chi connectivity index (χ0n) is 41.9. The lowest BCUT2D eigenvalue weighted by atomic mass is 10.1. The molecule has 1 aliphatic rings. The number of hydrogen-bond acceptors (Lipinski definition) is 0. The molecular formula is C53H91N9+6. The molecule has 0 saturated carbocycles. The van der Waals surface area contributed by atoms with Gasteiger partial charge in [0.05, 0.1) is 87.8 Å². The Morgan fingerprint density at radius 1 is 0.581 bits per heavy atom. The standard InChI is InChI=1S/C16H36N.C15H15N2.C6H14N.C6H8N.2C5H9N2/c1-5-9-13-17(14-10-6-2,15-11-7-3)16-12-8-4;1-12-16(2)14-10-6-7-11-15(14)17(12)13-8-4-3-5-9-13;1-7(2)5-3-4-6-7;1-7-5-3-2-4-6-7;1-6-3-4-7(2)5-6;1-6-4-3-5-7(6)2/h5-16H2,1-4H3;3-11H,1-2H3;3-6H2,1-2H3;2-6H,1H3;2*3-5H,1-2H3/q6*+1. The number of benzene rings is 2. The second kappa shape index (κ2) is 29.7. The van der Waals surface area contributed by atoms with Crippen LogP contribution in [0.3, 0.4) is 0 Å². The summed E-state index contributed by atoms with van der Waals surface area (Å²) in [4.78, 5) is 0. The minimum absolute atomic E-state index is 1.21. The summed E-state index contributed by atoms with van der Waals surface area (Å²) in [5.41, 5.74) is 3.72. The fourth-order valence-electron chi connectivity index (χ4n) is 7.73. The molecule has 1 fully saturated rings. The molecule has 62 heavy (non-hydrogen) atoms. The molecule has 7 rings (SSSR count). The summed E-state index contributed by atoms with van der Waals surface area (Å²) in [6, 6.07) is 27.0.